The lowest BCUT2D eigenvalue weighted by Gasteiger charge is -2.27. The third-order valence-corrected chi connectivity index (χ3v) is 5.31. The number of hydrogen-bond acceptors (Lipinski definition) is 4. The van der Waals surface area contributed by atoms with Gasteiger partial charge in [0, 0.05) is 30.7 Å². The first-order valence-corrected chi connectivity index (χ1v) is 9.03. The SMILES string of the molecule is CN(C)c1ccc(C2NC(=O)c3c(-c4ccccc4)csc3N2)cc1. The van der Waals surface area contributed by atoms with Gasteiger partial charge in [-0.1, -0.05) is 42.5 Å². The molecule has 3 aromatic rings. The Morgan fingerprint density at radius 3 is 2.36 bits per heavy atom. The van der Waals surface area contributed by atoms with Gasteiger partial charge in [-0.3, -0.25) is 4.79 Å². The summed E-state index contributed by atoms with van der Waals surface area (Å²) in [6, 6.07) is 18.2. The van der Waals surface area contributed by atoms with Crippen LogP contribution in [0.1, 0.15) is 22.1 Å². The summed E-state index contributed by atoms with van der Waals surface area (Å²) in [7, 11) is 4.03. The van der Waals surface area contributed by atoms with E-state index in [1.165, 1.54) is 0 Å². The van der Waals surface area contributed by atoms with Gasteiger partial charge in [0.2, 0.25) is 0 Å². The third-order valence-electron chi connectivity index (χ3n) is 4.40. The highest BCUT2D eigenvalue weighted by molar-refractivity contribution is 7.15. The summed E-state index contributed by atoms with van der Waals surface area (Å²) in [5, 5.41) is 9.50. The molecule has 5 heteroatoms. The minimum Gasteiger partial charge on any atom is -0.378 e. The van der Waals surface area contributed by atoms with Crippen molar-refractivity contribution in [2.24, 2.45) is 0 Å². The van der Waals surface area contributed by atoms with E-state index in [-0.39, 0.29) is 12.1 Å². The van der Waals surface area contributed by atoms with Crippen LogP contribution in [0.3, 0.4) is 0 Å². The quantitative estimate of drug-likeness (QED) is 0.739. The first-order valence-electron chi connectivity index (χ1n) is 8.15. The van der Waals surface area contributed by atoms with E-state index in [1.54, 1.807) is 11.3 Å². The maximum absolute atomic E-state index is 12.7. The van der Waals surface area contributed by atoms with Crippen molar-refractivity contribution in [2.75, 3.05) is 24.3 Å². The fourth-order valence-electron chi connectivity index (χ4n) is 3.02. The zero-order valence-electron chi connectivity index (χ0n) is 14.1. The molecule has 0 spiro atoms. The minimum absolute atomic E-state index is 0.0319. The second kappa shape index (κ2) is 6.26. The Bertz CT molecular complexity index is 900. The second-order valence-corrected chi connectivity index (χ2v) is 7.14. The van der Waals surface area contributed by atoms with Crippen molar-refractivity contribution in [3.05, 3.63) is 71.1 Å². The molecule has 1 aliphatic rings. The van der Waals surface area contributed by atoms with Crippen molar-refractivity contribution in [2.45, 2.75) is 6.17 Å². The number of benzene rings is 2. The summed E-state index contributed by atoms with van der Waals surface area (Å²) in [6.45, 7) is 0. The topological polar surface area (TPSA) is 44.4 Å². The molecule has 0 fully saturated rings. The highest BCUT2D eigenvalue weighted by atomic mass is 32.1. The van der Waals surface area contributed by atoms with E-state index in [4.69, 9.17) is 0 Å². The molecule has 1 aliphatic heterocycles. The zero-order valence-corrected chi connectivity index (χ0v) is 14.9. The average molecular weight is 349 g/mol. The largest absolute Gasteiger partial charge is 0.378 e. The number of rotatable bonds is 3. The van der Waals surface area contributed by atoms with E-state index in [2.05, 4.69) is 27.7 Å². The summed E-state index contributed by atoms with van der Waals surface area (Å²) in [5.41, 5.74) is 4.95. The van der Waals surface area contributed by atoms with Gasteiger partial charge in [-0.2, -0.15) is 0 Å². The molecular formula is C20H19N3OS. The molecular weight excluding hydrogens is 330 g/mol. The van der Waals surface area contributed by atoms with Crippen LogP contribution < -0.4 is 15.5 Å². The lowest BCUT2D eigenvalue weighted by Crippen LogP contribution is -2.37. The number of amides is 1. The van der Waals surface area contributed by atoms with Crippen LogP contribution in [0.2, 0.25) is 0 Å². The Morgan fingerprint density at radius 2 is 1.68 bits per heavy atom. The maximum atomic E-state index is 12.7. The second-order valence-electron chi connectivity index (χ2n) is 6.26. The van der Waals surface area contributed by atoms with Crippen LogP contribution in [-0.2, 0) is 0 Å². The van der Waals surface area contributed by atoms with E-state index < -0.39 is 0 Å². The molecule has 1 unspecified atom stereocenters. The molecule has 0 saturated carbocycles. The summed E-state index contributed by atoms with van der Waals surface area (Å²) in [4.78, 5) is 14.8. The Labute approximate surface area is 151 Å². The van der Waals surface area contributed by atoms with Gasteiger partial charge in [-0.15, -0.1) is 11.3 Å². The number of anilines is 2. The number of nitrogens with zero attached hydrogens (tertiary/aromatic N) is 1. The van der Waals surface area contributed by atoms with Gasteiger partial charge in [0.1, 0.15) is 11.2 Å². The Hall–Kier alpha value is -2.79. The lowest BCUT2D eigenvalue weighted by molar-refractivity contribution is 0.0937. The summed E-state index contributed by atoms with van der Waals surface area (Å²) in [6.07, 6.45) is -0.210. The minimum atomic E-state index is -0.210. The summed E-state index contributed by atoms with van der Waals surface area (Å²) >= 11 is 1.58. The average Bonchev–Trinajstić information content (AvgIpc) is 3.07. The predicted octanol–water partition coefficient (Wildman–Crippen LogP) is 4.34. The van der Waals surface area contributed by atoms with Crippen LogP contribution in [0, 0.1) is 0 Å². The van der Waals surface area contributed by atoms with E-state index in [9.17, 15) is 4.79 Å². The monoisotopic (exact) mass is 349 g/mol. The van der Waals surface area contributed by atoms with E-state index in [1.807, 2.05) is 61.9 Å². The molecule has 2 N–H and O–H groups in total. The third kappa shape index (κ3) is 2.87. The Balaban J connectivity index is 1.64. The normalized spacial score (nSPS) is 15.9. The van der Waals surface area contributed by atoms with Gasteiger partial charge >= 0.3 is 0 Å². The fourth-order valence-corrected chi connectivity index (χ4v) is 4.02. The van der Waals surface area contributed by atoms with Crippen molar-refractivity contribution in [3.63, 3.8) is 0 Å². The standard InChI is InChI=1S/C20H19N3OS/c1-23(2)15-10-8-14(9-11-15)18-21-19(24)17-16(12-25-20(17)22-18)13-6-4-3-5-7-13/h3-12,18,22H,1-2H3,(H,21,24). The molecule has 0 aliphatic carbocycles. The Morgan fingerprint density at radius 1 is 0.960 bits per heavy atom. The van der Waals surface area contributed by atoms with E-state index in [0.29, 0.717) is 0 Å². The molecule has 0 radical (unpaired) electrons. The smallest absolute Gasteiger partial charge is 0.256 e. The van der Waals surface area contributed by atoms with Gasteiger partial charge in [-0.25, -0.2) is 0 Å². The van der Waals surface area contributed by atoms with E-state index >= 15 is 0 Å². The summed E-state index contributed by atoms with van der Waals surface area (Å²) < 4.78 is 0. The molecule has 4 rings (SSSR count). The van der Waals surface area contributed by atoms with Crippen LogP contribution in [-0.4, -0.2) is 20.0 Å². The molecule has 25 heavy (non-hydrogen) atoms. The Kier molecular flexibility index (Phi) is 3.93. The van der Waals surface area contributed by atoms with Gasteiger partial charge in [-0.05, 0) is 23.3 Å². The van der Waals surface area contributed by atoms with Gasteiger partial charge in [0.25, 0.3) is 5.91 Å². The number of carbonyl (C=O) groups is 1. The molecule has 2 aromatic carbocycles. The van der Waals surface area contributed by atoms with Gasteiger partial charge in [0.05, 0.1) is 5.56 Å². The molecule has 126 valence electrons. The highest BCUT2D eigenvalue weighted by Crippen LogP contribution is 2.39. The van der Waals surface area contributed by atoms with E-state index in [0.717, 1.165) is 32.9 Å². The predicted molar refractivity (Wildman–Crippen MR) is 104 cm³/mol. The number of carbonyl (C=O) groups excluding carboxylic acids is 1. The maximum Gasteiger partial charge on any atom is 0.256 e. The van der Waals surface area contributed by atoms with Crippen molar-refractivity contribution in [1.29, 1.82) is 0 Å². The number of nitrogens with one attached hydrogen (secondary N) is 2. The van der Waals surface area contributed by atoms with Crippen molar-refractivity contribution < 1.29 is 4.79 Å². The molecule has 1 atom stereocenters. The van der Waals surface area contributed by atoms with Crippen LogP contribution in [0.5, 0.6) is 0 Å². The van der Waals surface area contributed by atoms with Gasteiger partial charge in [0.15, 0.2) is 0 Å². The van der Waals surface area contributed by atoms with Crippen molar-refractivity contribution in [1.82, 2.24) is 5.32 Å². The summed E-state index contributed by atoms with van der Waals surface area (Å²) in [5.74, 6) is -0.0319. The molecule has 1 amide bonds. The molecule has 2 heterocycles. The van der Waals surface area contributed by atoms with Crippen LogP contribution in [0.15, 0.2) is 60.0 Å². The van der Waals surface area contributed by atoms with Gasteiger partial charge < -0.3 is 15.5 Å². The van der Waals surface area contributed by atoms with Crippen LogP contribution >= 0.6 is 11.3 Å². The van der Waals surface area contributed by atoms with Crippen LogP contribution in [0.25, 0.3) is 11.1 Å². The number of hydrogen-bond donors (Lipinski definition) is 2. The first kappa shape index (κ1) is 15.7. The number of fused-ring (bicyclic) bond motifs is 1. The van der Waals surface area contributed by atoms with Crippen molar-refractivity contribution >= 4 is 27.9 Å². The molecule has 0 saturated heterocycles. The lowest BCUT2D eigenvalue weighted by atomic mass is 10.0. The zero-order chi connectivity index (χ0) is 17.4. The molecule has 1 aromatic heterocycles. The first-order chi connectivity index (χ1) is 12.1. The highest BCUT2D eigenvalue weighted by Gasteiger charge is 2.29. The van der Waals surface area contributed by atoms with Crippen LogP contribution in [0.4, 0.5) is 10.7 Å². The fraction of sp³-hybridized carbons (Fsp3) is 0.150. The number of thiophene rings is 1. The molecule has 4 nitrogen and oxygen atoms in total. The van der Waals surface area contributed by atoms with Crippen molar-refractivity contribution in [3.8, 4) is 11.1 Å². The molecule has 0 bridgehead atoms.